The lowest BCUT2D eigenvalue weighted by Gasteiger charge is -1.98. The van der Waals surface area contributed by atoms with Gasteiger partial charge in [-0.2, -0.15) is 0 Å². The third kappa shape index (κ3) is 10.5. The molecular weight excluding hydrogens is 200 g/mol. The molecule has 0 radical (unpaired) electrons. The third-order valence-electron chi connectivity index (χ3n) is 1.94. The number of carbonyl (C=O) groups excluding carboxylic acids is 1. The number of rotatable bonds is 9. The molecule has 15 heavy (non-hydrogen) atoms. The van der Waals surface area contributed by atoms with Gasteiger partial charge in [0, 0.05) is 12.8 Å². The Bertz CT molecular complexity index is 234. The number of Topliss-reactive ketones (excluding diaryl/α,β-unsaturated/α-hetero) is 1. The second kappa shape index (κ2) is 7.96. The standard InChI is InChI=1S/C10H16O5/c11-8(7-10(14)15)5-3-1-2-4-6-9(12)13/h1-7H2,(H,12,13)(H,14,15). The quantitative estimate of drug-likeness (QED) is 0.449. The molecule has 5 heteroatoms. The molecule has 0 aliphatic rings. The van der Waals surface area contributed by atoms with Crippen LogP contribution in [-0.2, 0) is 14.4 Å². The fourth-order valence-electron chi connectivity index (χ4n) is 1.21. The maximum Gasteiger partial charge on any atom is 0.310 e. The maximum atomic E-state index is 10.9. The van der Waals surface area contributed by atoms with Gasteiger partial charge >= 0.3 is 11.9 Å². The van der Waals surface area contributed by atoms with Crippen LogP contribution < -0.4 is 0 Å². The monoisotopic (exact) mass is 216 g/mol. The van der Waals surface area contributed by atoms with Crippen LogP contribution in [0.3, 0.4) is 0 Å². The van der Waals surface area contributed by atoms with Gasteiger partial charge in [-0.3, -0.25) is 14.4 Å². The molecule has 0 bridgehead atoms. The van der Waals surface area contributed by atoms with Gasteiger partial charge in [0.05, 0.1) is 0 Å². The van der Waals surface area contributed by atoms with Crippen LogP contribution in [0.15, 0.2) is 0 Å². The van der Waals surface area contributed by atoms with Crippen molar-refractivity contribution in [3.63, 3.8) is 0 Å². The number of unbranched alkanes of at least 4 members (excludes halogenated alkanes) is 3. The van der Waals surface area contributed by atoms with E-state index >= 15 is 0 Å². The average molecular weight is 216 g/mol. The van der Waals surface area contributed by atoms with Crippen LogP contribution in [0.4, 0.5) is 0 Å². The molecule has 0 saturated heterocycles. The summed E-state index contributed by atoms with van der Waals surface area (Å²) in [6, 6.07) is 0. The minimum atomic E-state index is -1.09. The van der Waals surface area contributed by atoms with Crippen LogP contribution >= 0.6 is 0 Å². The Hall–Kier alpha value is -1.39. The molecule has 0 aromatic carbocycles. The summed E-state index contributed by atoms with van der Waals surface area (Å²) in [6.07, 6.45) is 2.83. The largest absolute Gasteiger partial charge is 0.481 e. The van der Waals surface area contributed by atoms with Gasteiger partial charge in [-0.05, 0) is 12.8 Å². The van der Waals surface area contributed by atoms with Crippen LogP contribution in [0.25, 0.3) is 0 Å². The molecule has 0 aliphatic carbocycles. The average Bonchev–Trinajstić information content (AvgIpc) is 2.09. The number of carbonyl (C=O) groups is 3. The van der Waals surface area contributed by atoms with E-state index in [0.717, 1.165) is 12.8 Å². The molecule has 86 valence electrons. The summed E-state index contributed by atoms with van der Waals surface area (Å²) in [5.41, 5.74) is 0. The first kappa shape index (κ1) is 13.6. The third-order valence-corrected chi connectivity index (χ3v) is 1.94. The zero-order valence-electron chi connectivity index (χ0n) is 8.57. The highest BCUT2D eigenvalue weighted by atomic mass is 16.4. The van der Waals surface area contributed by atoms with Gasteiger partial charge < -0.3 is 10.2 Å². The Kier molecular flexibility index (Phi) is 7.23. The Labute approximate surface area is 88.1 Å². The number of ketones is 1. The van der Waals surface area contributed by atoms with Crippen molar-refractivity contribution in [2.24, 2.45) is 0 Å². The van der Waals surface area contributed by atoms with E-state index in [2.05, 4.69) is 0 Å². The predicted octanol–water partition coefficient (Wildman–Crippen LogP) is 1.46. The van der Waals surface area contributed by atoms with Gasteiger partial charge in [0.2, 0.25) is 0 Å². The molecule has 0 amide bonds. The van der Waals surface area contributed by atoms with E-state index in [0.29, 0.717) is 12.8 Å². The summed E-state index contributed by atoms with van der Waals surface area (Å²) >= 11 is 0. The highest BCUT2D eigenvalue weighted by Gasteiger charge is 2.06. The summed E-state index contributed by atoms with van der Waals surface area (Å²) in [6.45, 7) is 0. The SMILES string of the molecule is O=C(O)CCCCCCC(=O)CC(=O)O. The molecular formula is C10H16O5. The fraction of sp³-hybridized carbons (Fsp3) is 0.700. The van der Waals surface area contributed by atoms with Crippen LogP contribution in [0, 0.1) is 0 Å². The van der Waals surface area contributed by atoms with Crippen molar-refractivity contribution in [2.75, 3.05) is 0 Å². The smallest absolute Gasteiger partial charge is 0.310 e. The first-order valence-corrected chi connectivity index (χ1v) is 4.97. The number of hydrogen-bond acceptors (Lipinski definition) is 3. The molecule has 0 fully saturated rings. The first-order valence-electron chi connectivity index (χ1n) is 4.97. The molecule has 0 aromatic rings. The second-order valence-corrected chi connectivity index (χ2v) is 3.42. The van der Waals surface area contributed by atoms with Crippen molar-refractivity contribution < 1.29 is 24.6 Å². The minimum absolute atomic E-state index is 0.156. The Morgan fingerprint density at radius 2 is 1.27 bits per heavy atom. The highest BCUT2D eigenvalue weighted by Crippen LogP contribution is 2.06. The molecule has 0 spiro atoms. The molecule has 0 aromatic heterocycles. The summed E-state index contributed by atoms with van der Waals surface area (Å²) < 4.78 is 0. The highest BCUT2D eigenvalue weighted by molar-refractivity contribution is 5.94. The molecule has 0 saturated carbocycles. The van der Waals surface area contributed by atoms with Crippen molar-refractivity contribution in [2.45, 2.75) is 44.9 Å². The van der Waals surface area contributed by atoms with Gasteiger partial charge in [-0.15, -0.1) is 0 Å². The van der Waals surface area contributed by atoms with Crippen molar-refractivity contribution in [1.29, 1.82) is 0 Å². The first-order chi connectivity index (χ1) is 7.02. The summed E-state index contributed by atoms with van der Waals surface area (Å²) in [5, 5.41) is 16.6. The normalized spacial score (nSPS) is 9.87. The second-order valence-electron chi connectivity index (χ2n) is 3.42. The fourth-order valence-corrected chi connectivity index (χ4v) is 1.21. The lowest BCUT2D eigenvalue weighted by atomic mass is 10.1. The van der Waals surface area contributed by atoms with Gasteiger partial charge in [0.1, 0.15) is 12.2 Å². The van der Waals surface area contributed by atoms with E-state index in [1.807, 2.05) is 0 Å². The maximum absolute atomic E-state index is 10.9. The number of carboxylic acids is 2. The van der Waals surface area contributed by atoms with E-state index in [-0.39, 0.29) is 18.6 Å². The number of aliphatic carboxylic acids is 2. The molecule has 0 unspecified atom stereocenters. The lowest BCUT2D eigenvalue weighted by molar-refractivity contribution is -0.140. The molecule has 5 nitrogen and oxygen atoms in total. The van der Waals surface area contributed by atoms with Gasteiger partial charge in [0.15, 0.2) is 0 Å². The number of hydrogen-bond donors (Lipinski definition) is 2. The Morgan fingerprint density at radius 1 is 0.733 bits per heavy atom. The van der Waals surface area contributed by atoms with Crippen LogP contribution in [0.5, 0.6) is 0 Å². The minimum Gasteiger partial charge on any atom is -0.481 e. The Morgan fingerprint density at radius 3 is 1.73 bits per heavy atom. The molecule has 0 rings (SSSR count). The van der Waals surface area contributed by atoms with Gasteiger partial charge in [0.25, 0.3) is 0 Å². The molecule has 0 atom stereocenters. The van der Waals surface area contributed by atoms with E-state index in [9.17, 15) is 14.4 Å². The van der Waals surface area contributed by atoms with Gasteiger partial charge in [-0.25, -0.2) is 0 Å². The van der Waals surface area contributed by atoms with Crippen LogP contribution in [-0.4, -0.2) is 27.9 Å². The van der Waals surface area contributed by atoms with Gasteiger partial charge in [-0.1, -0.05) is 12.8 Å². The van der Waals surface area contributed by atoms with Crippen molar-refractivity contribution in [3.05, 3.63) is 0 Å². The van der Waals surface area contributed by atoms with E-state index in [1.54, 1.807) is 0 Å². The lowest BCUT2D eigenvalue weighted by Crippen LogP contribution is -2.06. The van der Waals surface area contributed by atoms with Crippen molar-refractivity contribution in [1.82, 2.24) is 0 Å². The molecule has 0 heterocycles. The zero-order valence-corrected chi connectivity index (χ0v) is 8.57. The molecule has 0 aliphatic heterocycles. The van der Waals surface area contributed by atoms with Crippen molar-refractivity contribution in [3.8, 4) is 0 Å². The van der Waals surface area contributed by atoms with Crippen LogP contribution in [0.1, 0.15) is 44.9 Å². The Balaban J connectivity index is 3.27. The predicted molar refractivity (Wildman–Crippen MR) is 52.6 cm³/mol. The van der Waals surface area contributed by atoms with Crippen LogP contribution in [0.2, 0.25) is 0 Å². The molecule has 2 N–H and O–H groups in total. The summed E-state index contributed by atoms with van der Waals surface area (Å²) in [7, 11) is 0. The van der Waals surface area contributed by atoms with E-state index < -0.39 is 18.4 Å². The van der Waals surface area contributed by atoms with E-state index in [1.165, 1.54) is 0 Å². The van der Waals surface area contributed by atoms with E-state index in [4.69, 9.17) is 10.2 Å². The topological polar surface area (TPSA) is 91.7 Å². The number of carboxylic acid groups (broad SMARTS) is 2. The zero-order chi connectivity index (χ0) is 11.7. The summed E-state index contributed by atoms with van der Waals surface area (Å²) in [4.78, 5) is 31.2. The van der Waals surface area contributed by atoms with Crippen molar-refractivity contribution >= 4 is 17.7 Å². The summed E-state index contributed by atoms with van der Waals surface area (Å²) in [5.74, 6) is -2.16.